The molecule has 0 fully saturated rings. The number of carbonyl (C=O) groups excluding carboxylic acids is 1. The van der Waals surface area contributed by atoms with Crippen molar-refractivity contribution in [2.45, 2.75) is 52.2 Å². The molecule has 32 heavy (non-hydrogen) atoms. The highest BCUT2D eigenvalue weighted by atomic mass is 35.5. The summed E-state index contributed by atoms with van der Waals surface area (Å²) < 4.78 is 22.4. The van der Waals surface area contributed by atoms with Crippen molar-refractivity contribution < 1.29 is 13.6 Å². The van der Waals surface area contributed by atoms with Crippen LogP contribution in [0.5, 0.6) is 0 Å². The summed E-state index contributed by atoms with van der Waals surface area (Å²) in [6.07, 6.45) is 3.31. The van der Waals surface area contributed by atoms with Crippen LogP contribution in [0.2, 0.25) is 23.4 Å². The van der Waals surface area contributed by atoms with E-state index in [1.165, 1.54) is 11.6 Å². The van der Waals surface area contributed by atoms with Gasteiger partial charge in [0.05, 0.1) is 23.6 Å². The first-order chi connectivity index (χ1) is 14.9. The van der Waals surface area contributed by atoms with Gasteiger partial charge in [0, 0.05) is 25.5 Å². The zero-order valence-corrected chi connectivity index (χ0v) is 21.1. The van der Waals surface area contributed by atoms with Gasteiger partial charge in [-0.2, -0.15) is 10.1 Å². The van der Waals surface area contributed by atoms with Crippen molar-refractivity contribution in [3.05, 3.63) is 41.7 Å². The lowest BCUT2D eigenvalue weighted by Crippen LogP contribution is -2.41. The second-order valence-electron chi connectivity index (χ2n) is 9.21. The molecule has 10 heteroatoms. The maximum atomic E-state index is 14.8. The molecule has 1 aromatic carbocycles. The van der Waals surface area contributed by atoms with Gasteiger partial charge in [0.15, 0.2) is 20.0 Å². The number of fused-ring (bicyclic) bond motifs is 1. The number of benzene rings is 1. The normalized spacial score (nSPS) is 12.4. The highest BCUT2D eigenvalue weighted by Crippen LogP contribution is 2.37. The Balaban J connectivity index is 1.95. The van der Waals surface area contributed by atoms with Gasteiger partial charge in [-0.05, 0) is 48.3 Å². The van der Waals surface area contributed by atoms with Crippen LogP contribution in [0.25, 0.3) is 10.9 Å². The highest BCUT2D eigenvalue weighted by molar-refractivity contribution is 6.74. The summed E-state index contributed by atoms with van der Waals surface area (Å²) in [6.45, 7) is 13.4. The molecule has 0 aliphatic rings. The minimum atomic E-state index is -1.90. The van der Waals surface area contributed by atoms with Crippen molar-refractivity contribution in [2.24, 2.45) is 0 Å². The first-order valence-corrected chi connectivity index (χ1v) is 13.8. The van der Waals surface area contributed by atoms with E-state index in [0.29, 0.717) is 36.2 Å². The van der Waals surface area contributed by atoms with Gasteiger partial charge in [0.1, 0.15) is 0 Å². The second-order valence-corrected chi connectivity index (χ2v) is 14.4. The Morgan fingerprint density at radius 3 is 2.66 bits per heavy atom. The van der Waals surface area contributed by atoms with Gasteiger partial charge in [-0.3, -0.25) is 4.79 Å². The Bertz CT molecular complexity index is 1130. The molecule has 0 aliphatic carbocycles. The van der Waals surface area contributed by atoms with Gasteiger partial charge in [0.2, 0.25) is 11.2 Å². The lowest BCUT2D eigenvalue weighted by Gasteiger charge is -2.36. The molecule has 0 saturated heterocycles. The van der Waals surface area contributed by atoms with Crippen LogP contribution in [-0.4, -0.2) is 47.1 Å². The van der Waals surface area contributed by atoms with Gasteiger partial charge < -0.3 is 9.33 Å². The van der Waals surface area contributed by atoms with Crippen LogP contribution in [0.1, 0.15) is 38.9 Å². The molecule has 0 amide bonds. The third-order valence-corrected chi connectivity index (χ3v) is 10.6. The van der Waals surface area contributed by atoms with E-state index >= 15 is 0 Å². The predicted octanol–water partition coefficient (Wildman–Crippen LogP) is 5.83. The Labute approximate surface area is 193 Å². The summed E-state index contributed by atoms with van der Waals surface area (Å²) in [5.41, 5.74) is 1.31. The number of hydrogen-bond donors (Lipinski definition) is 0. The summed E-state index contributed by atoms with van der Waals surface area (Å²) in [6, 6.07) is 5.45. The van der Waals surface area contributed by atoms with E-state index in [4.69, 9.17) is 16.0 Å². The minimum absolute atomic E-state index is 0.0458. The summed E-state index contributed by atoms with van der Waals surface area (Å²) >= 11 is 5.99. The fourth-order valence-electron chi connectivity index (χ4n) is 3.16. The molecule has 0 atom stereocenters. The summed E-state index contributed by atoms with van der Waals surface area (Å²) in [5, 5.41) is 4.96. The molecule has 7 nitrogen and oxygen atoms in total. The smallest absolute Gasteiger partial charge is 0.244 e. The van der Waals surface area contributed by atoms with E-state index < -0.39 is 14.1 Å². The van der Waals surface area contributed by atoms with Crippen molar-refractivity contribution in [3.8, 4) is 0 Å². The number of anilines is 2. The molecule has 2 heterocycles. The number of halogens is 2. The third kappa shape index (κ3) is 5.00. The van der Waals surface area contributed by atoms with Crippen LogP contribution in [0, 0.1) is 5.82 Å². The monoisotopic (exact) mass is 477 g/mol. The minimum Gasteiger partial charge on any atom is -0.417 e. The lowest BCUT2D eigenvalue weighted by atomic mass is 10.2. The van der Waals surface area contributed by atoms with Crippen LogP contribution in [0.4, 0.5) is 15.9 Å². The van der Waals surface area contributed by atoms with Gasteiger partial charge >= 0.3 is 0 Å². The number of rotatable bonds is 7. The maximum absolute atomic E-state index is 14.8. The van der Waals surface area contributed by atoms with Crippen molar-refractivity contribution in [1.29, 1.82) is 0 Å². The molecule has 0 radical (unpaired) electrons. The number of aromatic nitrogens is 4. The molecule has 0 N–H and O–H groups in total. The SMILES string of the molecule is CC(=O)n1ncc2c(N(CCCO[Si](C)(C)C(C)(C)C)c3nc(Cl)ncc3F)cccc21. The lowest BCUT2D eigenvalue weighted by molar-refractivity contribution is 0.0927. The Morgan fingerprint density at radius 1 is 1.28 bits per heavy atom. The van der Waals surface area contributed by atoms with Crippen LogP contribution in [-0.2, 0) is 4.43 Å². The van der Waals surface area contributed by atoms with E-state index in [-0.39, 0.29) is 22.0 Å². The maximum Gasteiger partial charge on any atom is 0.244 e. The number of hydrogen-bond acceptors (Lipinski definition) is 6. The van der Waals surface area contributed by atoms with Gasteiger partial charge in [-0.15, -0.1) is 0 Å². The number of nitrogens with zero attached hydrogens (tertiary/aromatic N) is 5. The fraction of sp³-hybridized carbons (Fsp3) is 0.455. The van der Waals surface area contributed by atoms with Crippen molar-refractivity contribution in [3.63, 3.8) is 0 Å². The van der Waals surface area contributed by atoms with Crippen molar-refractivity contribution in [1.82, 2.24) is 19.7 Å². The van der Waals surface area contributed by atoms with E-state index in [0.717, 1.165) is 6.20 Å². The Hall–Kier alpha value is -2.36. The zero-order chi connectivity index (χ0) is 23.7. The largest absolute Gasteiger partial charge is 0.417 e. The Morgan fingerprint density at radius 2 is 2.00 bits per heavy atom. The molecule has 172 valence electrons. The van der Waals surface area contributed by atoms with E-state index in [1.54, 1.807) is 23.2 Å². The molecule has 0 saturated carbocycles. The quantitative estimate of drug-likeness (QED) is 0.242. The molecule has 0 aliphatic heterocycles. The zero-order valence-electron chi connectivity index (χ0n) is 19.3. The average molecular weight is 478 g/mol. The van der Waals surface area contributed by atoms with Gasteiger partial charge in [-0.25, -0.2) is 14.1 Å². The summed E-state index contributed by atoms with van der Waals surface area (Å²) in [4.78, 5) is 21.6. The van der Waals surface area contributed by atoms with Crippen molar-refractivity contribution >= 4 is 48.2 Å². The topological polar surface area (TPSA) is 73.1 Å². The molecule has 0 bridgehead atoms. The molecule has 3 rings (SSSR count). The fourth-order valence-corrected chi connectivity index (χ4v) is 4.37. The predicted molar refractivity (Wildman–Crippen MR) is 128 cm³/mol. The average Bonchev–Trinajstić information content (AvgIpc) is 3.14. The molecule has 0 unspecified atom stereocenters. The molecule has 0 spiro atoms. The molecular weight excluding hydrogens is 449 g/mol. The van der Waals surface area contributed by atoms with E-state index in [9.17, 15) is 9.18 Å². The molecular formula is C22H29ClFN5O2Si. The van der Waals surface area contributed by atoms with Crippen molar-refractivity contribution in [2.75, 3.05) is 18.1 Å². The third-order valence-electron chi connectivity index (χ3n) is 5.93. The first-order valence-electron chi connectivity index (χ1n) is 10.5. The standard InChI is InChI=1S/C22H29ClFN5O2Si/c1-15(30)29-19-10-7-9-18(16(19)13-26-29)28(20-17(24)14-25-21(23)27-20)11-8-12-31-32(5,6)22(2,3)4/h7,9-10,13-14H,8,11-12H2,1-6H3. The number of carbonyl (C=O) groups is 1. The second kappa shape index (κ2) is 9.25. The molecule has 3 aromatic rings. The summed E-state index contributed by atoms with van der Waals surface area (Å²) in [7, 11) is -1.90. The van der Waals surface area contributed by atoms with Crippen LogP contribution in [0.3, 0.4) is 0 Å². The van der Waals surface area contributed by atoms with E-state index in [1.807, 2.05) is 6.07 Å². The molecule has 2 aromatic heterocycles. The highest BCUT2D eigenvalue weighted by Gasteiger charge is 2.36. The van der Waals surface area contributed by atoms with Gasteiger partial charge in [0.25, 0.3) is 0 Å². The van der Waals surface area contributed by atoms with Crippen LogP contribution < -0.4 is 4.90 Å². The first kappa shape index (κ1) is 24.3. The Kier molecular flexibility index (Phi) is 7.02. The summed E-state index contributed by atoms with van der Waals surface area (Å²) in [5.74, 6) is -0.723. The van der Waals surface area contributed by atoms with Crippen LogP contribution in [0.15, 0.2) is 30.6 Å². The van der Waals surface area contributed by atoms with Gasteiger partial charge in [-0.1, -0.05) is 26.8 Å². The van der Waals surface area contributed by atoms with Crippen LogP contribution >= 0.6 is 11.6 Å². The van der Waals surface area contributed by atoms with E-state index in [2.05, 4.69) is 48.9 Å².